The summed E-state index contributed by atoms with van der Waals surface area (Å²) in [5, 5.41) is 14.2. The van der Waals surface area contributed by atoms with Crippen LogP contribution in [-0.4, -0.2) is 30.2 Å². The van der Waals surface area contributed by atoms with Gasteiger partial charge in [-0.2, -0.15) is 0 Å². The van der Waals surface area contributed by atoms with Crippen LogP contribution in [-0.2, 0) is 4.79 Å². The maximum Gasteiger partial charge on any atom is 0.314 e. The number of amides is 2. The Morgan fingerprint density at radius 2 is 1.89 bits per heavy atom. The Bertz CT molecular complexity index is 296. The lowest BCUT2D eigenvalue weighted by atomic mass is 9.67. The van der Waals surface area contributed by atoms with Gasteiger partial charge in [0.15, 0.2) is 0 Å². The first-order valence-electron chi connectivity index (χ1n) is 7.31. The van der Waals surface area contributed by atoms with E-state index in [0.717, 1.165) is 25.8 Å². The average molecular weight is 270 g/mol. The fourth-order valence-corrected chi connectivity index (χ4v) is 2.44. The average Bonchev–Trinajstić information content (AvgIpc) is 2.32. The molecule has 5 nitrogen and oxygen atoms in total. The summed E-state index contributed by atoms with van der Waals surface area (Å²) in [6.45, 7) is 3.57. The monoisotopic (exact) mass is 270 g/mol. The number of nitrogens with one attached hydrogen (secondary N) is 2. The molecule has 110 valence electrons. The van der Waals surface area contributed by atoms with Gasteiger partial charge in [-0.15, -0.1) is 0 Å². The molecule has 2 amide bonds. The Morgan fingerprint density at radius 1 is 1.16 bits per heavy atom. The van der Waals surface area contributed by atoms with Crippen molar-refractivity contribution in [3.05, 3.63) is 0 Å². The lowest BCUT2D eigenvalue weighted by Crippen LogP contribution is -2.45. The van der Waals surface area contributed by atoms with Gasteiger partial charge in [-0.1, -0.05) is 19.8 Å². The Morgan fingerprint density at radius 3 is 2.42 bits per heavy atom. The molecule has 1 aliphatic rings. The van der Waals surface area contributed by atoms with Crippen LogP contribution in [0.4, 0.5) is 4.79 Å². The molecule has 1 saturated carbocycles. The number of carbonyl (C=O) groups excluding carboxylic acids is 1. The highest BCUT2D eigenvalue weighted by molar-refractivity contribution is 5.73. The van der Waals surface area contributed by atoms with Gasteiger partial charge >= 0.3 is 12.0 Å². The maximum atomic E-state index is 11.6. The van der Waals surface area contributed by atoms with Crippen molar-refractivity contribution in [2.75, 3.05) is 13.1 Å². The van der Waals surface area contributed by atoms with Gasteiger partial charge in [0.25, 0.3) is 0 Å². The van der Waals surface area contributed by atoms with Gasteiger partial charge < -0.3 is 15.7 Å². The molecule has 0 aliphatic heterocycles. The number of hydrogen-bond acceptors (Lipinski definition) is 2. The molecule has 0 spiro atoms. The van der Waals surface area contributed by atoms with E-state index in [2.05, 4.69) is 17.6 Å². The van der Waals surface area contributed by atoms with Gasteiger partial charge in [0.05, 0.1) is 0 Å². The topological polar surface area (TPSA) is 78.4 Å². The fourth-order valence-electron chi connectivity index (χ4n) is 2.44. The molecule has 0 aromatic carbocycles. The number of hydrogen-bond donors (Lipinski definition) is 3. The zero-order valence-electron chi connectivity index (χ0n) is 11.8. The Labute approximate surface area is 115 Å². The highest BCUT2D eigenvalue weighted by atomic mass is 16.4. The predicted octanol–water partition coefficient (Wildman–Crippen LogP) is 2.51. The third kappa shape index (κ3) is 5.94. The highest BCUT2D eigenvalue weighted by Gasteiger charge is 2.35. The normalized spacial score (nSPS) is 16.5. The third-order valence-electron chi connectivity index (χ3n) is 4.14. The lowest BCUT2D eigenvalue weighted by Gasteiger charge is -2.41. The number of carbonyl (C=O) groups is 2. The molecule has 0 unspecified atom stereocenters. The van der Waals surface area contributed by atoms with E-state index in [9.17, 15) is 9.59 Å². The van der Waals surface area contributed by atoms with Crippen LogP contribution in [0.5, 0.6) is 0 Å². The summed E-state index contributed by atoms with van der Waals surface area (Å²) in [5.74, 6) is -0.754. The van der Waals surface area contributed by atoms with E-state index in [1.807, 2.05) is 0 Å². The van der Waals surface area contributed by atoms with Gasteiger partial charge in [-0.3, -0.25) is 4.79 Å². The molecule has 1 rings (SSSR count). The summed E-state index contributed by atoms with van der Waals surface area (Å²) in [4.78, 5) is 21.9. The van der Waals surface area contributed by atoms with Crippen molar-refractivity contribution in [3.8, 4) is 0 Å². The fraction of sp³-hybridized carbons (Fsp3) is 0.857. The smallest absolute Gasteiger partial charge is 0.314 e. The summed E-state index contributed by atoms with van der Waals surface area (Å²) in [7, 11) is 0. The standard InChI is InChI=1S/C14H26N2O3/c1-2-14(8-6-9-14)11-16-13(19)15-10-5-3-4-7-12(17)18/h2-11H2,1H3,(H,17,18)(H2,15,16,19). The van der Waals surface area contributed by atoms with Gasteiger partial charge in [0, 0.05) is 19.5 Å². The van der Waals surface area contributed by atoms with Crippen LogP contribution in [0.3, 0.4) is 0 Å². The molecule has 5 heteroatoms. The highest BCUT2D eigenvalue weighted by Crippen LogP contribution is 2.42. The van der Waals surface area contributed by atoms with E-state index in [1.165, 1.54) is 19.3 Å². The summed E-state index contributed by atoms with van der Waals surface area (Å²) in [5.41, 5.74) is 0.346. The number of rotatable bonds is 9. The van der Waals surface area contributed by atoms with Crippen LogP contribution in [0.1, 0.15) is 58.3 Å². The minimum atomic E-state index is -0.754. The first-order chi connectivity index (χ1) is 9.08. The van der Waals surface area contributed by atoms with Crippen molar-refractivity contribution in [1.29, 1.82) is 0 Å². The SMILES string of the molecule is CCC1(CNC(=O)NCCCCCC(=O)O)CCC1. The molecule has 0 atom stereocenters. The Balaban J connectivity index is 1.97. The van der Waals surface area contributed by atoms with Crippen LogP contribution in [0.15, 0.2) is 0 Å². The molecule has 1 aliphatic carbocycles. The van der Waals surface area contributed by atoms with Crippen molar-refractivity contribution >= 4 is 12.0 Å². The molecule has 0 heterocycles. The quantitative estimate of drug-likeness (QED) is 0.563. The zero-order chi connectivity index (χ0) is 14.1. The van der Waals surface area contributed by atoms with Gasteiger partial charge in [0.1, 0.15) is 0 Å². The number of carboxylic acid groups (broad SMARTS) is 1. The second-order valence-corrected chi connectivity index (χ2v) is 5.52. The van der Waals surface area contributed by atoms with Crippen molar-refractivity contribution in [3.63, 3.8) is 0 Å². The number of carboxylic acids is 1. The van der Waals surface area contributed by atoms with Crippen LogP contribution < -0.4 is 10.6 Å². The molecular weight excluding hydrogens is 244 g/mol. The number of unbranched alkanes of at least 4 members (excludes halogenated alkanes) is 2. The van der Waals surface area contributed by atoms with E-state index in [4.69, 9.17) is 5.11 Å². The number of aliphatic carboxylic acids is 1. The van der Waals surface area contributed by atoms with Crippen LogP contribution in [0.2, 0.25) is 0 Å². The second kappa shape index (κ2) is 8.02. The largest absolute Gasteiger partial charge is 0.481 e. The molecule has 3 N–H and O–H groups in total. The van der Waals surface area contributed by atoms with Crippen molar-refractivity contribution in [2.45, 2.75) is 58.3 Å². The molecule has 0 aromatic rings. The minimum absolute atomic E-state index is 0.0991. The molecular formula is C14H26N2O3. The molecule has 0 radical (unpaired) electrons. The van der Waals surface area contributed by atoms with E-state index in [1.54, 1.807) is 0 Å². The summed E-state index contributed by atoms with van der Waals surface area (Å²) >= 11 is 0. The van der Waals surface area contributed by atoms with Gasteiger partial charge in [-0.05, 0) is 37.5 Å². The first-order valence-corrected chi connectivity index (χ1v) is 7.31. The number of urea groups is 1. The predicted molar refractivity (Wildman–Crippen MR) is 74.1 cm³/mol. The van der Waals surface area contributed by atoms with Crippen LogP contribution >= 0.6 is 0 Å². The maximum absolute atomic E-state index is 11.6. The van der Waals surface area contributed by atoms with Gasteiger partial charge in [0.2, 0.25) is 0 Å². The van der Waals surface area contributed by atoms with E-state index >= 15 is 0 Å². The van der Waals surface area contributed by atoms with Crippen LogP contribution in [0.25, 0.3) is 0 Å². The van der Waals surface area contributed by atoms with Crippen molar-refractivity contribution in [2.24, 2.45) is 5.41 Å². The summed E-state index contributed by atoms with van der Waals surface area (Å²) < 4.78 is 0. The molecule has 0 aromatic heterocycles. The minimum Gasteiger partial charge on any atom is -0.481 e. The van der Waals surface area contributed by atoms with Crippen LogP contribution in [0, 0.1) is 5.41 Å². The molecule has 19 heavy (non-hydrogen) atoms. The van der Waals surface area contributed by atoms with Gasteiger partial charge in [-0.25, -0.2) is 4.79 Å². The first kappa shape index (κ1) is 15.8. The van der Waals surface area contributed by atoms with Crippen molar-refractivity contribution in [1.82, 2.24) is 10.6 Å². The van der Waals surface area contributed by atoms with E-state index in [0.29, 0.717) is 18.4 Å². The molecule has 1 fully saturated rings. The lowest BCUT2D eigenvalue weighted by molar-refractivity contribution is -0.137. The molecule has 0 bridgehead atoms. The zero-order valence-corrected chi connectivity index (χ0v) is 11.8. The molecule has 0 saturated heterocycles. The van der Waals surface area contributed by atoms with Crippen molar-refractivity contribution < 1.29 is 14.7 Å². The summed E-state index contributed by atoms with van der Waals surface area (Å²) in [6, 6.07) is -0.0991. The van der Waals surface area contributed by atoms with E-state index < -0.39 is 5.97 Å². The third-order valence-corrected chi connectivity index (χ3v) is 4.14. The Hall–Kier alpha value is -1.26. The summed E-state index contributed by atoms with van der Waals surface area (Å²) in [6.07, 6.45) is 7.41. The van der Waals surface area contributed by atoms with E-state index in [-0.39, 0.29) is 12.5 Å². The second-order valence-electron chi connectivity index (χ2n) is 5.52. The Kier molecular flexibility index (Phi) is 6.67.